The van der Waals surface area contributed by atoms with Crippen LogP contribution in [-0.4, -0.2) is 121 Å². The molecule has 2 heterocycles. The molecular formula is C39H58O14. The van der Waals surface area contributed by atoms with Crippen LogP contribution in [0.4, 0.5) is 0 Å². The van der Waals surface area contributed by atoms with Crippen LogP contribution in [0.2, 0.25) is 0 Å². The number of Topliss-reactive ketones (excluding diaryl/α,β-unsaturated/α-hetero) is 2. The number of aliphatic carboxylic acids is 1. The molecule has 53 heavy (non-hydrogen) atoms. The van der Waals surface area contributed by atoms with Crippen molar-refractivity contribution in [3.63, 3.8) is 0 Å². The van der Waals surface area contributed by atoms with Crippen molar-refractivity contribution in [2.45, 2.75) is 154 Å². The lowest BCUT2D eigenvalue weighted by Gasteiger charge is -2.54. The second-order valence-electron chi connectivity index (χ2n) is 17.4. The van der Waals surface area contributed by atoms with Crippen LogP contribution < -0.4 is 0 Å². The Morgan fingerprint density at radius 2 is 1.58 bits per heavy atom. The Labute approximate surface area is 310 Å². The van der Waals surface area contributed by atoms with Crippen LogP contribution in [0.3, 0.4) is 0 Å². The number of carbonyl (C=O) groups excluding carboxylic acids is 2. The van der Waals surface area contributed by atoms with Gasteiger partial charge < -0.3 is 54.7 Å². The highest BCUT2D eigenvalue weighted by Gasteiger charge is 2.60. The molecule has 0 aromatic rings. The summed E-state index contributed by atoms with van der Waals surface area (Å²) in [4.78, 5) is 39.1. The lowest BCUT2D eigenvalue weighted by Crippen LogP contribution is -2.64. The third kappa shape index (κ3) is 6.94. The quantitative estimate of drug-likeness (QED) is 0.159. The van der Waals surface area contributed by atoms with Gasteiger partial charge in [0.25, 0.3) is 0 Å². The van der Waals surface area contributed by atoms with Gasteiger partial charge in [-0.1, -0.05) is 52.7 Å². The first-order valence-electron chi connectivity index (χ1n) is 19.3. The molecule has 0 bridgehead atoms. The summed E-state index contributed by atoms with van der Waals surface area (Å²) >= 11 is 0. The number of carboxylic acid groups (broad SMARTS) is 1. The fraction of sp³-hybridized carbons (Fsp3) is 0.821. The van der Waals surface area contributed by atoms with Gasteiger partial charge in [0, 0.05) is 17.8 Å². The summed E-state index contributed by atoms with van der Waals surface area (Å²) in [6.07, 6.45) is -10.4. The number of carbonyl (C=O) groups is 3. The maximum Gasteiger partial charge on any atom is 0.335 e. The minimum absolute atomic E-state index is 0.111. The number of hydrogen-bond acceptors (Lipinski definition) is 13. The van der Waals surface area contributed by atoms with Crippen molar-refractivity contribution in [1.82, 2.24) is 0 Å². The number of fused-ring (bicyclic) bond motifs is 4. The van der Waals surface area contributed by atoms with Crippen LogP contribution >= 0.6 is 0 Å². The lowest BCUT2D eigenvalue weighted by atomic mass is 9.50. The molecule has 0 aromatic carbocycles. The number of aliphatic hydroxyl groups excluding tert-OH is 6. The summed E-state index contributed by atoms with van der Waals surface area (Å²) in [5, 5.41) is 73.5. The Morgan fingerprint density at radius 1 is 0.887 bits per heavy atom. The second-order valence-corrected chi connectivity index (χ2v) is 17.4. The summed E-state index contributed by atoms with van der Waals surface area (Å²) in [5.41, 5.74) is 2.25. The van der Waals surface area contributed by atoms with Crippen LogP contribution in [0.15, 0.2) is 22.5 Å². The SMILES string of the molecule is CC(C)[C@@H](C)C(=O)C[C@@H](C)C1=C(O)C(=O)[C@@H]2C3=C(CC[C@]12C)[C@@]1(C)CC[C@H](O[C@@H]2O[C@H](C(=O)O)[C@@H](O)[C@H](O[C@@H]4OC[C@@H](O)[C@H](O)[C@H]4O)[C@H]2O)C[C@@H]1CC3. The molecule has 2 saturated heterocycles. The average molecular weight is 751 g/mol. The zero-order chi connectivity index (χ0) is 38.9. The molecule has 16 atom stereocenters. The molecule has 0 aromatic heterocycles. The highest BCUT2D eigenvalue weighted by molar-refractivity contribution is 6.02. The highest BCUT2D eigenvalue weighted by atomic mass is 16.7. The standard InChI is InChI=1S/C39H58O14/c1-16(2)18(4)23(40)13-17(3)25-28(43)29(44)26-21-8-7-19-14-20(9-11-38(19,5)22(21)10-12-39(25,26)6)51-37-32(47)33(31(46)34(53-37)35(48)49)52-36-30(45)27(42)24(41)15-50-36/h16-20,24,26-27,30-34,36-37,41-43,45-47H,7-15H2,1-6H3,(H,48,49)/t17-,18-,19+,20+,24-,26+,27+,30-,31+,32-,33+,34+,36+,37-,38+,39-/m1/s1. The Morgan fingerprint density at radius 3 is 2.25 bits per heavy atom. The molecule has 7 N–H and O–H groups in total. The zero-order valence-corrected chi connectivity index (χ0v) is 31.5. The molecular weight excluding hydrogens is 692 g/mol. The molecule has 0 radical (unpaired) electrons. The summed E-state index contributed by atoms with van der Waals surface area (Å²) in [6, 6.07) is 0. The zero-order valence-electron chi connectivity index (χ0n) is 31.5. The first kappa shape index (κ1) is 40.4. The monoisotopic (exact) mass is 750 g/mol. The number of allylic oxidation sites excluding steroid dienone is 4. The van der Waals surface area contributed by atoms with Crippen molar-refractivity contribution in [3.05, 3.63) is 22.5 Å². The Hall–Kier alpha value is -2.27. The van der Waals surface area contributed by atoms with E-state index in [2.05, 4.69) is 13.8 Å². The molecule has 4 aliphatic carbocycles. The van der Waals surface area contributed by atoms with Gasteiger partial charge in [-0.3, -0.25) is 9.59 Å². The van der Waals surface area contributed by atoms with Gasteiger partial charge in [-0.25, -0.2) is 4.79 Å². The molecule has 3 fully saturated rings. The maximum absolute atomic E-state index is 13.9. The van der Waals surface area contributed by atoms with Gasteiger partial charge in [0.15, 0.2) is 24.4 Å². The Bertz CT molecular complexity index is 1510. The number of aliphatic hydroxyl groups is 6. The highest BCUT2D eigenvalue weighted by Crippen LogP contribution is 2.64. The first-order chi connectivity index (χ1) is 24.8. The number of hydrogen-bond donors (Lipinski definition) is 7. The van der Waals surface area contributed by atoms with Gasteiger partial charge in [0.05, 0.1) is 18.6 Å². The van der Waals surface area contributed by atoms with E-state index >= 15 is 0 Å². The second kappa shape index (κ2) is 15.0. The Kier molecular flexibility index (Phi) is 11.4. The van der Waals surface area contributed by atoms with E-state index < -0.39 is 85.3 Å². The fourth-order valence-corrected chi connectivity index (χ4v) is 10.4. The van der Waals surface area contributed by atoms with Crippen LogP contribution in [0.5, 0.6) is 0 Å². The molecule has 0 amide bonds. The van der Waals surface area contributed by atoms with Crippen molar-refractivity contribution in [2.75, 3.05) is 6.61 Å². The van der Waals surface area contributed by atoms with Crippen LogP contribution in [-0.2, 0) is 33.3 Å². The third-order valence-corrected chi connectivity index (χ3v) is 13.9. The van der Waals surface area contributed by atoms with Crippen molar-refractivity contribution in [2.24, 2.45) is 40.4 Å². The van der Waals surface area contributed by atoms with Crippen molar-refractivity contribution < 1.29 is 69.1 Å². The topological polar surface area (TPSA) is 230 Å². The lowest BCUT2D eigenvalue weighted by molar-refractivity contribution is -0.350. The van der Waals surface area contributed by atoms with E-state index in [4.69, 9.17) is 18.9 Å². The number of ketones is 2. The molecule has 0 unspecified atom stereocenters. The van der Waals surface area contributed by atoms with Crippen molar-refractivity contribution in [1.29, 1.82) is 0 Å². The minimum Gasteiger partial charge on any atom is -0.504 e. The number of carboxylic acids is 1. The first-order valence-corrected chi connectivity index (χ1v) is 19.3. The summed E-state index contributed by atoms with van der Waals surface area (Å²) in [6.45, 7) is 11.8. The van der Waals surface area contributed by atoms with Crippen molar-refractivity contribution >= 4 is 17.5 Å². The summed E-state index contributed by atoms with van der Waals surface area (Å²) in [7, 11) is 0. The van der Waals surface area contributed by atoms with E-state index in [-0.39, 0.29) is 52.8 Å². The van der Waals surface area contributed by atoms with E-state index in [1.54, 1.807) is 0 Å². The summed E-state index contributed by atoms with van der Waals surface area (Å²) < 4.78 is 22.7. The normalized spacial score (nSPS) is 44.3. The Balaban J connectivity index is 1.16. The van der Waals surface area contributed by atoms with Gasteiger partial charge >= 0.3 is 5.97 Å². The smallest absolute Gasteiger partial charge is 0.335 e. The molecule has 6 rings (SSSR count). The van der Waals surface area contributed by atoms with Crippen LogP contribution in [0.25, 0.3) is 0 Å². The van der Waals surface area contributed by atoms with Gasteiger partial charge in [-0.05, 0) is 73.7 Å². The molecule has 298 valence electrons. The van der Waals surface area contributed by atoms with Crippen molar-refractivity contribution in [3.8, 4) is 0 Å². The van der Waals surface area contributed by atoms with E-state index in [1.165, 1.54) is 5.57 Å². The van der Waals surface area contributed by atoms with Crippen LogP contribution in [0.1, 0.15) is 92.9 Å². The molecule has 14 nitrogen and oxygen atoms in total. The fourth-order valence-electron chi connectivity index (χ4n) is 10.4. The molecule has 0 spiro atoms. The van der Waals surface area contributed by atoms with E-state index in [9.17, 15) is 50.1 Å². The third-order valence-electron chi connectivity index (χ3n) is 13.9. The van der Waals surface area contributed by atoms with Gasteiger partial charge in [-0.2, -0.15) is 0 Å². The molecule has 6 aliphatic rings. The van der Waals surface area contributed by atoms with E-state index in [1.807, 2.05) is 27.7 Å². The molecule has 2 aliphatic heterocycles. The number of rotatable bonds is 10. The van der Waals surface area contributed by atoms with Gasteiger partial charge in [0.1, 0.15) is 42.4 Å². The van der Waals surface area contributed by atoms with Crippen LogP contribution in [0, 0.1) is 40.4 Å². The predicted molar refractivity (Wildman–Crippen MR) is 186 cm³/mol. The molecule has 14 heteroatoms. The number of ether oxygens (including phenoxy) is 4. The summed E-state index contributed by atoms with van der Waals surface area (Å²) in [5.74, 6) is -2.30. The van der Waals surface area contributed by atoms with Gasteiger partial charge in [0.2, 0.25) is 5.78 Å². The molecule has 1 saturated carbocycles. The average Bonchev–Trinajstić information content (AvgIpc) is 3.31. The largest absolute Gasteiger partial charge is 0.504 e. The van der Waals surface area contributed by atoms with E-state index in [0.29, 0.717) is 37.7 Å². The maximum atomic E-state index is 13.9. The van der Waals surface area contributed by atoms with Gasteiger partial charge in [-0.15, -0.1) is 0 Å². The minimum atomic E-state index is -1.88. The van der Waals surface area contributed by atoms with E-state index in [0.717, 1.165) is 18.4 Å². The predicted octanol–water partition coefficient (Wildman–Crippen LogP) is 2.32.